The molecule has 1 atom stereocenters. The number of nitrogens with two attached hydrogens (primary N) is 1. The van der Waals surface area contributed by atoms with Gasteiger partial charge in [-0.25, -0.2) is 0 Å². The molecule has 2 fully saturated rings. The molecule has 1 saturated heterocycles. The fourth-order valence-electron chi connectivity index (χ4n) is 3.58. The second-order valence-corrected chi connectivity index (χ2v) is 6.35. The third kappa shape index (κ3) is 3.51. The molecule has 0 aromatic carbocycles. The molecule has 1 heterocycles. The average molecular weight is 281 g/mol. The van der Waals surface area contributed by atoms with E-state index >= 15 is 0 Å². The lowest BCUT2D eigenvalue weighted by atomic mass is 9.79. The summed E-state index contributed by atoms with van der Waals surface area (Å²) in [5.41, 5.74) is 5.34. The number of nitrogens with one attached hydrogen (secondary N) is 1. The number of amides is 2. The highest BCUT2D eigenvalue weighted by atomic mass is 16.2. The molecule has 5 heteroatoms. The minimum atomic E-state index is -0.275. The molecule has 0 spiro atoms. The molecule has 1 aliphatic heterocycles. The Labute approximate surface area is 121 Å². The van der Waals surface area contributed by atoms with Gasteiger partial charge < -0.3 is 16.0 Å². The van der Waals surface area contributed by atoms with Crippen LogP contribution in [0, 0.1) is 5.92 Å². The van der Waals surface area contributed by atoms with Gasteiger partial charge in [0.2, 0.25) is 11.8 Å². The van der Waals surface area contributed by atoms with Crippen LogP contribution >= 0.6 is 0 Å². The van der Waals surface area contributed by atoms with Crippen molar-refractivity contribution in [3.05, 3.63) is 0 Å². The molecule has 20 heavy (non-hydrogen) atoms. The highest BCUT2D eigenvalue weighted by Gasteiger charge is 2.35. The summed E-state index contributed by atoms with van der Waals surface area (Å²) in [4.78, 5) is 25.7. The molecule has 2 aliphatic rings. The van der Waals surface area contributed by atoms with Crippen LogP contribution in [0.3, 0.4) is 0 Å². The van der Waals surface area contributed by atoms with Crippen LogP contribution in [-0.2, 0) is 9.59 Å². The van der Waals surface area contributed by atoms with Gasteiger partial charge in [-0.1, -0.05) is 19.3 Å². The molecule has 2 amide bonds. The summed E-state index contributed by atoms with van der Waals surface area (Å²) in [5, 5.41) is 3.38. The van der Waals surface area contributed by atoms with Crippen molar-refractivity contribution < 1.29 is 9.59 Å². The maximum absolute atomic E-state index is 12.5. The van der Waals surface area contributed by atoms with Crippen LogP contribution in [0.15, 0.2) is 0 Å². The Morgan fingerprint density at radius 3 is 2.55 bits per heavy atom. The minimum Gasteiger partial charge on any atom is -0.369 e. The standard InChI is InChI=1S/C15H27N3O2/c1-17-15(7-3-2-4-8-15)10-13(19)18-9-5-6-12(11-18)14(16)20/h12,17H,2-11H2,1H3,(H2,16,20). The first-order valence-corrected chi connectivity index (χ1v) is 7.82. The van der Waals surface area contributed by atoms with Crippen LogP contribution in [0.4, 0.5) is 0 Å². The van der Waals surface area contributed by atoms with E-state index in [-0.39, 0.29) is 23.3 Å². The summed E-state index contributed by atoms with van der Waals surface area (Å²) in [6.45, 7) is 1.27. The number of primary amides is 1. The fraction of sp³-hybridized carbons (Fsp3) is 0.867. The zero-order valence-electron chi connectivity index (χ0n) is 12.5. The topological polar surface area (TPSA) is 75.4 Å². The van der Waals surface area contributed by atoms with Crippen molar-refractivity contribution in [2.75, 3.05) is 20.1 Å². The minimum absolute atomic E-state index is 0.0327. The highest BCUT2D eigenvalue weighted by molar-refractivity contribution is 5.80. The van der Waals surface area contributed by atoms with Crippen LogP contribution in [0.5, 0.6) is 0 Å². The normalized spacial score (nSPS) is 26.2. The number of piperidine rings is 1. The molecule has 1 unspecified atom stereocenters. The SMILES string of the molecule is CNC1(CC(=O)N2CCCC(C(N)=O)C2)CCCCC1. The van der Waals surface area contributed by atoms with Crippen LogP contribution < -0.4 is 11.1 Å². The maximum Gasteiger partial charge on any atom is 0.224 e. The molecular weight excluding hydrogens is 254 g/mol. The van der Waals surface area contributed by atoms with Gasteiger partial charge in [0.1, 0.15) is 0 Å². The Morgan fingerprint density at radius 1 is 1.25 bits per heavy atom. The van der Waals surface area contributed by atoms with E-state index < -0.39 is 0 Å². The molecule has 3 N–H and O–H groups in total. The summed E-state index contributed by atoms with van der Waals surface area (Å²) in [7, 11) is 1.96. The number of nitrogens with zero attached hydrogens (tertiary/aromatic N) is 1. The second kappa shape index (κ2) is 6.57. The summed E-state index contributed by atoms with van der Waals surface area (Å²) >= 11 is 0. The molecule has 114 valence electrons. The predicted molar refractivity (Wildman–Crippen MR) is 78.0 cm³/mol. The zero-order valence-corrected chi connectivity index (χ0v) is 12.5. The summed E-state index contributed by atoms with van der Waals surface area (Å²) in [5.74, 6) is -0.264. The Morgan fingerprint density at radius 2 is 1.95 bits per heavy atom. The van der Waals surface area contributed by atoms with Gasteiger partial charge in [-0.2, -0.15) is 0 Å². The lowest BCUT2D eigenvalue weighted by Gasteiger charge is -2.39. The number of hydrogen-bond acceptors (Lipinski definition) is 3. The fourth-order valence-corrected chi connectivity index (χ4v) is 3.58. The number of carbonyl (C=O) groups is 2. The van der Waals surface area contributed by atoms with E-state index in [1.54, 1.807) is 0 Å². The third-order valence-corrected chi connectivity index (χ3v) is 5.01. The lowest BCUT2D eigenvalue weighted by Crippen LogP contribution is -2.51. The van der Waals surface area contributed by atoms with E-state index in [1.165, 1.54) is 19.3 Å². The Bertz CT molecular complexity index is 364. The van der Waals surface area contributed by atoms with Crippen molar-refractivity contribution >= 4 is 11.8 Å². The molecule has 0 aromatic rings. The van der Waals surface area contributed by atoms with Gasteiger partial charge in [0.25, 0.3) is 0 Å². The van der Waals surface area contributed by atoms with Crippen molar-refractivity contribution in [3.8, 4) is 0 Å². The second-order valence-electron chi connectivity index (χ2n) is 6.35. The smallest absolute Gasteiger partial charge is 0.224 e. The average Bonchev–Trinajstić information content (AvgIpc) is 2.48. The summed E-state index contributed by atoms with van der Waals surface area (Å²) < 4.78 is 0. The molecule has 5 nitrogen and oxygen atoms in total. The van der Waals surface area contributed by atoms with Crippen LogP contribution in [0.25, 0.3) is 0 Å². The Hall–Kier alpha value is -1.10. The lowest BCUT2D eigenvalue weighted by molar-refractivity contribution is -0.136. The monoisotopic (exact) mass is 281 g/mol. The van der Waals surface area contributed by atoms with Crippen LogP contribution in [-0.4, -0.2) is 42.4 Å². The van der Waals surface area contributed by atoms with Crippen LogP contribution in [0.2, 0.25) is 0 Å². The largest absolute Gasteiger partial charge is 0.369 e. The molecule has 0 bridgehead atoms. The van der Waals surface area contributed by atoms with E-state index in [2.05, 4.69) is 5.32 Å². The first-order chi connectivity index (χ1) is 9.56. The molecule has 2 rings (SSSR count). The van der Waals surface area contributed by atoms with Crippen molar-refractivity contribution in [2.24, 2.45) is 11.7 Å². The first-order valence-electron chi connectivity index (χ1n) is 7.82. The molecule has 0 radical (unpaired) electrons. The van der Waals surface area contributed by atoms with Gasteiger partial charge in [0.05, 0.1) is 5.92 Å². The summed E-state index contributed by atoms with van der Waals surface area (Å²) in [6, 6.07) is 0. The molecule has 1 aliphatic carbocycles. The maximum atomic E-state index is 12.5. The van der Waals surface area contributed by atoms with Gasteiger partial charge in [-0.3, -0.25) is 9.59 Å². The third-order valence-electron chi connectivity index (χ3n) is 5.01. The molecule has 1 saturated carbocycles. The quantitative estimate of drug-likeness (QED) is 0.808. The van der Waals surface area contributed by atoms with Crippen molar-refractivity contribution in [1.29, 1.82) is 0 Å². The zero-order chi connectivity index (χ0) is 14.6. The van der Waals surface area contributed by atoms with Gasteiger partial charge in [0, 0.05) is 25.0 Å². The van der Waals surface area contributed by atoms with Crippen molar-refractivity contribution in [3.63, 3.8) is 0 Å². The van der Waals surface area contributed by atoms with E-state index in [9.17, 15) is 9.59 Å². The van der Waals surface area contributed by atoms with Gasteiger partial charge in [0.15, 0.2) is 0 Å². The number of hydrogen-bond donors (Lipinski definition) is 2. The number of rotatable bonds is 4. The van der Waals surface area contributed by atoms with E-state index in [1.807, 2.05) is 11.9 Å². The summed E-state index contributed by atoms with van der Waals surface area (Å²) in [6.07, 6.45) is 8.04. The first kappa shape index (κ1) is 15.3. The van der Waals surface area contributed by atoms with Crippen LogP contribution in [0.1, 0.15) is 51.4 Å². The number of likely N-dealkylation sites (tertiary alicyclic amines) is 1. The van der Waals surface area contributed by atoms with E-state index in [0.717, 1.165) is 32.2 Å². The van der Waals surface area contributed by atoms with E-state index in [4.69, 9.17) is 5.73 Å². The van der Waals surface area contributed by atoms with Crippen molar-refractivity contribution in [2.45, 2.75) is 56.9 Å². The van der Waals surface area contributed by atoms with Crippen molar-refractivity contribution in [1.82, 2.24) is 10.2 Å². The molecular formula is C15H27N3O2. The highest BCUT2D eigenvalue weighted by Crippen LogP contribution is 2.31. The Kier molecular flexibility index (Phi) is 5.02. The van der Waals surface area contributed by atoms with Gasteiger partial charge >= 0.3 is 0 Å². The van der Waals surface area contributed by atoms with Gasteiger partial charge in [-0.05, 0) is 32.7 Å². The molecule has 0 aromatic heterocycles. The number of carbonyl (C=O) groups excluding carboxylic acids is 2. The predicted octanol–water partition coefficient (Wildman–Crippen LogP) is 1.02. The Balaban J connectivity index is 1.94. The van der Waals surface area contributed by atoms with Gasteiger partial charge in [-0.15, -0.1) is 0 Å². The van der Waals surface area contributed by atoms with E-state index in [0.29, 0.717) is 13.0 Å².